The van der Waals surface area contributed by atoms with Crippen LogP contribution >= 0.6 is 0 Å². The van der Waals surface area contributed by atoms with E-state index in [0.29, 0.717) is 12.1 Å². The number of carbonyl (C=O) groups is 1. The third-order valence-corrected chi connectivity index (χ3v) is 4.15. The van der Waals surface area contributed by atoms with Gasteiger partial charge in [0.2, 0.25) is 0 Å². The molecule has 0 aromatic rings. The average molecular weight is 197 g/mol. The second-order valence-corrected chi connectivity index (χ2v) is 4.71. The van der Waals surface area contributed by atoms with Crippen LogP contribution in [0.2, 0.25) is 0 Å². The monoisotopic (exact) mass is 197 g/mol. The van der Waals surface area contributed by atoms with E-state index in [9.17, 15) is 4.79 Å². The summed E-state index contributed by atoms with van der Waals surface area (Å²) >= 11 is 0. The van der Waals surface area contributed by atoms with Gasteiger partial charge in [0.05, 0.1) is 0 Å². The maximum atomic E-state index is 11.6. The van der Waals surface area contributed by atoms with Gasteiger partial charge in [-0.3, -0.25) is 4.79 Å². The van der Waals surface area contributed by atoms with Gasteiger partial charge < -0.3 is 9.64 Å². The molecule has 2 unspecified atom stereocenters. The molecule has 2 aliphatic heterocycles. The molecule has 80 valence electrons. The van der Waals surface area contributed by atoms with Crippen LogP contribution < -0.4 is 0 Å². The number of methoxy groups -OCH3 is 1. The quantitative estimate of drug-likeness (QED) is 0.666. The van der Waals surface area contributed by atoms with Gasteiger partial charge in [0.15, 0.2) is 5.78 Å². The van der Waals surface area contributed by atoms with Gasteiger partial charge in [0.1, 0.15) is 5.60 Å². The molecule has 0 aliphatic carbocycles. The number of nitrogens with zero attached hydrogens (tertiary/aromatic N) is 1. The Morgan fingerprint density at radius 3 is 2.21 bits per heavy atom. The maximum absolute atomic E-state index is 11.6. The molecule has 0 radical (unpaired) electrons. The minimum Gasteiger partial charge on any atom is -0.370 e. The van der Waals surface area contributed by atoms with Crippen LogP contribution in [0.25, 0.3) is 0 Å². The molecule has 2 atom stereocenters. The topological polar surface area (TPSA) is 29.5 Å². The molecule has 0 spiro atoms. The lowest BCUT2D eigenvalue weighted by Gasteiger charge is -2.42. The Kier molecular flexibility index (Phi) is 2.40. The van der Waals surface area contributed by atoms with E-state index < -0.39 is 5.60 Å². The highest BCUT2D eigenvalue weighted by Gasteiger charge is 2.49. The molecule has 0 saturated carbocycles. The summed E-state index contributed by atoms with van der Waals surface area (Å²) in [6, 6.07) is 1.11. The minimum atomic E-state index is -0.474. The molecule has 3 nitrogen and oxygen atoms in total. The second kappa shape index (κ2) is 3.31. The van der Waals surface area contributed by atoms with Crippen LogP contribution in [-0.2, 0) is 9.53 Å². The SMILES string of the molecule is COC1(C(C)=O)CC2CCC(C1)N2C. The minimum absolute atomic E-state index is 0.199. The Balaban J connectivity index is 2.21. The molecule has 0 aromatic carbocycles. The second-order valence-electron chi connectivity index (χ2n) is 4.71. The third-order valence-electron chi connectivity index (χ3n) is 4.15. The molecular formula is C11H19NO2. The average Bonchev–Trinajstić information content (AvgIpc) is 2.42. The van der Waals surface area contributed by atoms with E-state index in [2.05, 4.69) is 11.9 Å². The normalized spacial score (nSPS) is 42.8. The first-order valence-corrected chi connectivity index (χ1v) is 5.37. The third kappa shape index (κ3) is 1.30. The lowest BCUT2D eigenvalue weighted by molar-refractivity contribution is -0.148. The number of rotatable bonds is 2. The first-order valence-electron chi connectivity index (χ1n) is 5.37. The Morgan fingerprint density at radius 2 is 1.86 bits per heavy atom. The van der Waals surface area contributed by atoms with Gasteiger partial charge in [-0.1, -0.05) is 0 Å². The zero-order valence-corrected chi connectivity index (χ0v) is 9.25. The summed E-state index contributed by atoms with van der Waals surface area (Å²) in [4.78, 5) is 14.1. The Morgan fingerprint density at radius 1 is 1.36 bits per heavy atom. The van der Waals surface area contributed by atoms with Crippen molar-refractivity contribution in [2.45, 2.75) is 50.3 Å². The smallest absolute Gasteiger partial charge is 0.161 e. The fourth-order valence-electron chi connectivity index (χ4n) is 3.02. The molecule has 14 heavy (non-hydrogen) atoms. The summed E-state index contributed by atoms with van der Waals surface area (Å²) in [6.07, 6.45) is 4.21. The fraction of sp³-hybridized carbons (Fsp3) is 0.909. The number of fused-ring (bicyclic) bond motifs is 2. The number of hydrogen-bond acceptors (Lipinski definition) is 3. The van der Waals surface area contributed by atoms with Crippen molar-refractivity contribution in [3.05, 3.63) is 0 Å². The maximum Gasteiger partial charge on any atom is 0.161 e. The predicted molar refractivity (Wildman–Crippen MR) is 54.2 cm³/mol. The highest BCUT2D eigenvalue weighted by atomic mass is 16.5. The fourth-order valence-corrected chi connectivity index (χ4v) is 3.02. The summed E-state index contributed by atoms with van der Waals surface area (Å²) in [7, 11) is 3.84. The predicted octanol–water partition coefficient (Wildman–Crippen LogP) is 1.22. The van der Waals surface area contributed by atoms with E-state index in [-0.39, 0.29) is 5.78 Å². The van der Waals surface area contributed by atoms with E-state index in [1.807, 2.05) is 0 Å². The summed E-state index contributed by atoms with van der Waals surface area (Å²) in [5, 5.41) is 0. The van der Waals surface area contributed by atoms with Crippen LogP contribution in [0, 0.1) is 0 Å². The molecule has 3 heteroatoms. The number of carbonyl (C=O) groups excluding carboxylic acids is 1. The van der Waals surface area contributed by atoms with E-state index in [1.54, 1.807) is 14.0 Å². The van der Waals surface area contributed by atoms with Gasteiger partial charge in [0.25, 0.3) is 0 Å². The van der Waals surface area contributed by atoms with Crippen molar-refractivity contribution < 1.29 is 9.53 Å². The standard InChI is InChI=1S/C11H19NO2/c1-8(13)11(14-3)6-9-4-5-10(7-11)12(9)2/h9-10H,4-7H2,1-3H3. The number of hydrogen-bond donors (Lipinski definition) is 0. The lowest BCUT2D eigenvalue weighted by atomic mass is 9.83. The van der Waals surface area contributed by atoms with Crippen molar-refractivity contribution in [1.82, 2.24) is 4.90 Å². The number of ketones is 1. The Bertz CT molecular complexity index is 238. The van der Waals surface area contributed by atoms with Gasteiger partial charge in [-0.05, 0) is 39.7 Å². The zero-order chi connectivity index (χ0) is 10.3. The van der Waals surface area contributed by atoms with Crippen LogP contribution in [0.3, 0.4) is 0 Å². The summed E-state index contributed by atoms with van der Waals surface area (Å²) < 4.78 is 5.49. The molecule has 0 amide bonds. The van der Waals surface area contributed by atoms with Crippen LogP contribution in [0.5, 0.6) is 0 Å². The van der Waals surface area contributed by atoms with Gasteiger partial charge in [-0.2, -0.15) is 0 Å². The highest BCUT2D eigenvalue weighted by molar-refractivity contribution is 5.85. The van der Waals surface area contributed by atoms with Crippen LogP contribution in [0.4, 0.5) is 0 Å². The van der Waals surface area contributed by atoms with E-state index in [1.165, 1.54) is 12.8 Å². The van der Waals surface area contributed by atoms with E-state index in [4.69, 9.17) is 4.74 Å². The van der Waals surface area contributed by atoms with Crippen molar-refractivity contribution >= 4 is 5.78 Å². The molecule has 2 aliphatic rings. The number of Topliss-reactive ketones (excluding diaryl/α,β-unsaturated/α-hetero) is 1. The summed E-state index contributed by atoms with van der Waals surface area (Å²) in [6.45, 7) is 1.66. The van der Waals surface area contributed by atoms with Crippen LogP contribution in [-0.4, -0.2) is 42.5 Å². The molecule has 2 bridgehead atoms. The first-order chi connectivity index (χ1) is 6.59. The molecular weight excluding hydrogens is 178 g/mol. The molecule has 2 rings (SSSR count). The van der Waals surface area contributed by atoms with Crippen LogP contribution in [0.15, 0.2) is 0 Å². The largest absolute Gasteiger partial charge is 0.370 e. The Labute approximate surface area is 85.4 Å². The number of piperidine rings is 1. The number of ether oxygens (including phenoxy) is 1. The van der Waals surface area contributed by atoms with E-state index in [0.717, 1.165) is 12.8 Å². The summed E-state index contributed by atoms with van der Waals surface area (Å²) in [5.41, 5.74) is -0.474. The van der Waals surface area contributed by atoms with Crippen molar-refractivity contribution in [2.24, 2.45) is 0 Å². The van der Waals surface area contributed by atoms with Crippen molar-refractivity contribution in [2.75, 3.05) is 14.2 Å². The molecule has 0 N–H and O–H groups in total. The molecule has 2 fully saturated rings. The first kappa shape index (κ1) is 10.1. The zero-order valence-electron chi connectivity index (χ0n) is 9.25. The molecule has 0 aromatic heterocycles. The summed E-state index contributed by atoms with van der Waals surface area (Å²) in [5.74, 6) is 0.199. The molecule has 2 saturated heterocycles. The van der Waals surface area contributed by atoms with Gasteiger partial charge >= 0.3 is 0 Å². The van der Waals surface area contributed by atoms with Gasteiger partial charge in [0, 0.05) is 19.2 Å². The van der Waals surface area contributed by atoms with Crippen molar-refractivity contribution in [3.63, 3.8) is 0 Å². The lowest BCUT2D eigenvalue weighted by Crippen LogP contribution is -2.53. The van der Waals surface area contributed by atoms with Crippen LogP contribution in [0.1, 0.15) is 32.6 Å². The molecule has 2 heterocycles. The Hall–Kier alpha value is -0.410. The van der Waals surface area contributed by atoms with Crippen molar-refractivity contribution in [3.8, 4) is 0 Å². The highest BCUT2D eigenvalue weighted by Crippen LogP contribution is 2.41. The van der Waals surface area contributed by atoms with Gasteiger partial charge in [-0.15, -0.1) is 0 Å². The van der Waals surface area contributed by atoms with E-state index >= 15 is 0 Å². The van der Waals surface area contributed by atoms with Gasteiger partial charge in [-0.25, -0.2) is 0 Å². The van der Waals surface area contributed by atoms with Crippen molar-refractivity contribution in [1.29, 1.82) is 0 Å².